The van der Waals surface area contributed by atoms with Crippen LogP contribution in [0.15, 0.2) is 0 Å². The van der Waals surface area contributed by atoms with Gasteiger partial charge >= 0.3 is 5.97 Å². The van der Waals surface area contributed by atoms with E-state index in [0.29, 0.717) is 18.4 Å². The summed E-state index contributed by atoms with van der Waals surface area (Å²) in [5.41, 5.74) is 0. The van der Waals surface area contributed by atoms with Crippen LogP contribution in [0.5, 0.6) is 0 Å². The number of likely N-dealkylation sites (tertiary alicyclic amines) is 1. The van der Waals surface area contributed by atoms with Crippen molar-refractivity contribution in [3.8, 4) is 0 Å². The number of carbonyl (C=O) groups is 1. The lowest BCUT2D eigenvalue weighted by Crippen LogP contribution is -2.43. The zero-order valence-corrected chi connectivity index (χ0v) is 10.3. The normalized spacial score (nSPS) is 24.2. The van der Waals surface area contributed by atoms with Gasteiger partial charge in [0.15, 0.2) is 0 Å². The molecular formula is C12H23NO3. The predicted molar refractivity (Wildman–Crippen MR) is 62.5 cm³/mol. The molecule has 0 aliphatic carbocycles. The number of ether oxygens (including phenoxy) is 1. The summed E-state index contributed by atoms with van der Waals surface area (Å²) >= 11 is 0. The molecule has 1 saturated heterocycles. The van der Waals surface area contributed by atoms with E-state index < -0.39 is 5.97 Å². The van der Waals surface area contributed by atoms with Crippen LogP contribution >= 0.6 is 0 Å². The van der Waals surface area contributed by atoms with Gasteiger partial charge in [-0.1, -0.05) is 0 Å². The van der Waals surface area contributed by atoms with E-state index in [4.69, 9.17) is 9.84 Å². The average molecular weight is 229 g/mol. The summed E-state index contributed by atoms with van der Waals surface area (Å²) < 4.78 is 5.15. The van der Waals surface area contributed by atoms with E-state index in [9.17, 15) is 4.79 Å². The van der Waals surface area contributed by atoms with Gasteiger partial charge in [-0.05, 0) is 38.6 Å². The van der Waals surface area contributed by atoms with Crippen molar-refractivity contribution < 1.29 is 14.6 Å². The second-order valence-corrected chi connectivity index (χ2v) is 4.74. The molecule has 0 bridgehead atoms. The molecule has 2 unspecified atom stereocenters. The second-order valence-electron chi connectivity index (χ2n) is 4.74. The molecule has 1 fully saturated rings. The lowest BCUT2D eigenvalue weighted by molar-refractivity contribution is -0.137. The van der Waals surface area contributed by atoms with Crippen LogP contribution < -0.4 is 0 Å². The van der Waals surface area contributed by atoms with E-state index >= 15 is 0 Å². The molecule has 0 saturated carbocycles. The minimum absolute atomic E-state index is 0.303. The molecule has 1 rings (SSSR count). The number of carboxylic acids is 1. The van der Waals surface area contributed by atoms with Crippen molar-refractivity contribution in [2.24, 2.45) is 5.92 Å². The number of piperidine rings is 1. The average Bonchev–Trinajstić information content (AvgIpc) is 2.27. The Morgan fingerprint density at radius 2 is 2.38 bits per heavy atom. The Morgan fingerprint density at radius 3 is 3.00 bits per heavy atom. The Kier molecular flexibility index (Phi) is 5.77. The first-order chi connectivity index (χ1) is 7.63. The first-order valence-electron chi connectivity index (χ1n) is 6.08. The highest BCUT2D eigenvalue weighted by Gasteiger charge is 2.23. The monoisotopic (exact) mass is 229 g/mol. The lowest BCUT2D eigenvalue weighted by atomic mass is 9.92. The molecule has 0 spiro atoms. The topological polar surface area (TPSA) is 49.8 Å². The number of nitrogens with zero attached hydrogens (tertiary/aromatic N) is 1. The quantitative estimate of drug-likeness (QED) is 0.751. The maximum Gasteiger partial charge on any atom is 0.303 e. The van der Waals surface area contributed by atoms with Crippen LogP contribution in [0.25, 0.3) is 0 Å². The van der Waals surface area contributed by atoms with Gasteiger partial charge in [0, 0.05) is 26.1 Å². The number of carboxylic acid groups (broad SMARTS) is 1. The summed E-state index contributed by atoms with van der Waals surface area (Å²) in [7, 11) is 1.72. The standard InChI is InChI=1S/C12H23NO3/c1-10(9-16-2)13-7-3-4-11(8-13)5-6-12(14)15/h10-11H,3-9H2,1-2H3,(H,14,15). The fraction of sp³-hybridized carbons (Fsp3) is 0.917. The van der Waals surface area contributed by atoms with Crippen LogP contribution in [0.2, 0.25) is 0 Å². The third kappa shape index (κ3) is 4.49. The number of hydrogen-bond donors (Lipinski definition) is 1. The summed E-state index contributed by atoms with van der Waals surface area (Å²) in [6.07, 6.45) is 3.46. The summed E-state index contributed by atoms with van der Waals surface area (Å²) in [6, 6.07) is 0.442. The number of rotatable bonds is 6. The summed E-state index contributed by atoms with van der Waals surface area (Å²) in [4.78, 5) is 12.9. The molecule has 1 aliphatic heterocycles. The van der Waals surface area contributed by atoms with E-state index in [-0.39, 0.29) is 0 Å². The van der Waals surface area contributed by atoms with Crippen molar-refractivity contribution in [2.45, 2.75) is 38.6 Å². The van der Waals surface area contributed by atoms with Gasteiger partial charge in [-0.15, -0.1) is 0 Å². The van der Waals surface area contributed by atoms with Crippen LogP contribution in [-0.4, -0.2) is 48.8 Å². The highest BCUT2D eigenvalue weighted by molar-refractivity contribution is 5.66. The molecule has 0 aromatic heterocycles. The van der Waals surface area contributed by atoms with Crippen LogP contribution in [0.3, 0.4) is 0 Å². The molecule has 4 nitrogen and oxygen atoms in total. The molecule has 0 radical (unpaired) electrons. The van der Waals surface area contributed by atoms with Gasteiger partial charge in [0.25, 0.3) is 0 Å². The second kappa shape index (κ2) is 6.86. The van der Waals surface area contributed by atoms with Crippen molar-refractivity contribution >= 4 is 5.97 Å². The van der Waals surface area contributed by atoms with E-state index in [1.165, 1.54) is 12.8 Å². The molecule has 2 atom stereocenters. The molecule has 4 heteroatoms. The van der Waals surface area contributed by atoms with Crippen LogP contribution in [0.4, 0.5) is 0 Å². The summed E-state index contributed by atoms with van der Waals surface area (Å²) in [6.45, 7) is 5.07. The van der Waals surface area contributed by atoms with Crippen molar-refractivity contribution in [3.05, 3.63) is 0 Å². The smallest absolute Gasteiger partial charge is 0.303 e. The van der Waals surface area contributed by atoms with Gasteiger partial charge in [-0.25, -0.2) is 0 Å². The minimum Gasteiger partial charge on any atom is -0.481 e. The molecule has 1 aliphatic rings. The molecule has 0 amide bonds. The van der Waals surface area contributed by atoms with Crippen molar-refractivity contribution in [3.63, 3.8) is 0 Å². The van der Waals surface area contributed by atoms with Gasteiger partial charge < -0.3 is 9.84 Å². The Hall–Kier alpha value is -0.610. The first-order valence-corrected chi connectivity index (χ1v) is 6.08. The number of hydrogen-bond acceptors (Lipinski definition) is 3. The Bertz CT molecular complexity index is 220. The van der Waals surface area contributed by atoms with Crippen molar-refractivity contribution in [1.82, 2.24) is 4.90 Å². The molecule has 16 heavy (non-hydrogen) atoms. The zero-order valence-electron chi connectivity index (χ0n) is 10.3. The third-order valence-electron chi connectivity index (χ3n) is 3.35. The van der Waals surface area contributed by atoms with E-state index in [1.807, 2.05) is 0 Å². The van der Waals surface area contributed by atoms with E-state index in [2.05, 4.69) is 11.8 Å². The minimum atomic E-state index is -0.679. The first kappa shape index (κ1) is 13.5. The van der Waals surface area contributed by atoms with E-state index in [0.717, 1.165) is 26.1 Å². The Morgan fingerprint density at radius 1 is 1.62 bits per heavy atom. The molecule has 1 heterocycles. The SMILES string of the molecule is COCC(C)N1CCCC(CCC(=O)O)C1. The lowest BCUT2D eigenvalue weighted by Gasteiger charge is -2.36. The van der Waals surface area contributed by atoms with Gasteiger partial charge in [0.2, 0.25) is 0 Å². The van der Waals surface area contributed by atoms with Gasteiger partial charge in [-0.3, -0.25) is 9.69 Å². The maximum atomic E-state index is 10.5. The molecule has 0 aromatic rings. The van der Waals surface area contributed by atoms with Gasteiger partial charge in [0.05, 0.1) is 6.61 Å². The Labute approximate surface area is 97.6 Å². The largest absolute Gasteiger partial charge is 0.481 e. The fourth-order valence-corrected chi connectivity index (χ4v) is 2.41. The zero-order chi connectivity index (χ0) is 12.0. The highest BCUT2D eigenvalue weighted by Crippen LogP contribution is 2.22. The summed E-state index contributed by atoms with van der Waals surface area (Å²) in [5, 5.41) is 8.67. The van der Waals surface area contributed by atoms with Gasteiger partial charge in [0.1, 0.15) is 0 Å². The number of aliphatic carboxylic acids is 1. The highest BCUT2D eigenvalue weighted by atomic mass is 16.5. The van der Waals surface area contributed by atoms with Gasteiger partial charge in [-0.2, -0.15) is 0 Å². The third-order valence-corrected chi connectivity index (χ3v) is 3.35. The van der Waals surface area contributed by atoms with Crippen molar-refractivity contribution in [2.75, 3.05) is 26.8 Å². The van der Waals surface area contributed by atoms with Crippen molar-refractivity contribution in [1.29, 1.82) is 0 Å². The molecule has 0 aromatic carbocycles. The van der Waals surface area contributed by atoms with Crippen LogP contribution in [-0.2, 0) is 9.53 Å². The maximum absolute atomic E-state index is 10.5. The molecule has 94 valence electrons. The molecule has 1 N–H and O–H groups in total. The van der Waals surface area contributed by atoms with E-state index in [1.54, 1.807) is 7.11 Å². The van der Waals surface area contributed by atoms with Crippen LogP contribution in [0, 0.1) is 5.92 Å². The molecular weight excluding hydrogens is 206 g/mol. The predicted octanol–water partition coefficient (Wildman–Crippen LogP) is 1.60. The fourth-order valence-electron chi connectivity index (χ4n) is 2.41. The summed E-state index contributed by atoms with van der Waals surface area (Å²) in [5.74, 6) is -0.133. The van der Waals surface area contributed by atoms with Crippen LogP contribution in [0.1, 0.15) is 32.6 Å². The Balaban J connectivity index is 2.31. The number of methoxy groups -OCH3 is 1.